The number of nitrogens with one attached hydrogen (secondary N) is 2. The zero-order chi connectivity index (χ0) is 21.5. The number of aliphatic imine (C=N–C) groups is 1. The molecule has 0 atom stereocenters. The quantitative estimate of drug-likeness (QED) is 0.284. The molecule has 168 valence electrons. The van der Waals surface area contributed by atoms with Crippen molar-refractivity contribution in [2.24, 2.45) is 4.99 Å². The van der Waals surface area contributed by atoms with Gasteiger partial charge in [-0.05, 0) is 41.7 Å². The second-order valence-electron chi connectivity index (χ2n) is 7.53. The van der Waals surface area contributed by atoms with Crippen LogP contribution in [0.25, 0.3) is 0 Å². The van der Waals surface area contributed by atoms with Crippen LogP contribution < -0.4 is 15.5 Å². The molecule has 0 aliphatic carbocycles. The van der Waals surface area contributed by atoms with Crippen LogP contribution in [0.2, 0.25) is 0 Å². The molecule has 8 heteroatoms. The Kier molecular flexibility index (Phi) is 8.66. The Morgan fingerprint density at radius 3 is 2.62 bits per heavy atom. The highest BCUT2D eigenvalue weighted by atomic mass is 127. The topological polar surface area (TPSA) is 74.6 Å². The number of fused-ring (bicyclic) bond motifs is 1. The van der Waals surface area contributed by atoms with Crippen LogP contribution in [0, 0.1) is 0 Å². The number of amides is 1. The Hall–Kier alpha value is -2.88. The predicted molar refractivity (Wildman–Crippen MR) is 139 cm³/mol. The lowest BCUT2D eigenvalue weighted by atomic mass is 10.0. The van der Waals surface area contributed by atoms with Gasteiger partial charge in [0.15, 0.2) is 5.96 Å². The molecule has 3 aromatic rings. The number of aromatic nitrogens is 2. The number of aryl methyl sites for hydroxylation is 1. The molecule has 0 fully saturated rings. The highest BCUT2D eigenvalue weighted by Crippen LogP contribution is 2.26. The van der Waals surface area contributed by atoms with Crippen LogP contribution in [0.1, 0.15) is 23.1 Å². The number of benzene rings is 2. The van der Waals surface area contributed by atoms with Crippen LogP contribution in [-0.4, -0.2) is 41.8 Å². The molecule has 1 aliphatic rings. The van der Waals surface area contributed by atoms with Gasteiger partial charge in [-0.25, -0.2) is 0 Å². The van der Waals surface area contributed by atoms with Crippen LogP contribution in [-0.2, 0) is 24.3 Å². The Bertz CT molecular complexity index is 1050. The maximum Gasteiger partial charge on any atom is 0.246 e. The molecule has 0 saturated heterocycles. The number of anilines is 1. The van der Waals surface area contributed by atoms with Crippen molar-refractivity contribution >= 4 is 41.5 Å². The molecule has 0 spiro atoms. The van der Waals surface area contributed by atoms with Gasteiger partial charge in [-0.15, -0.1) is 24.0 Å². The maximum atomic E-state index is 12.9. The molecule has 32 heavy (non-hydrogen) atoms. The average molecular weight is 544 g/mol. The summed E-state index contributed by atoms with van der Waals surface area (Å²) in [7, 11) is 1.71. The third-order valence-corrected chi connectivity index (χ3v) is 5.50. The SMILES string of the molecule is CN=C(NCC(=O)N1CCCc2ccccc21)NCc1ccccc1Cn1cccn1.I. The van der Waals surface area contributed by atoms with Gasteiger partial charge < -0.3 is 15.5 Å². The number of nitrogens with zero attached hydrogens (tertiary/aromatic N) is 4. The van der Waals surface area contributed by atoms with Crippen molar-refractivity contribution in [3.63, 3.8) is 0 Å². The third kappa shape index (κ3) is 5.87. The van der Waals surface area contributed by atoms with E-state index in [0.717, 1.165) is 30.6 Å². The van der Waals surface area contributed by atoms with Crippen molar-refractivity contribution in [2.45, 2.75) is 25.9 Å². The summed E-state index contributed by atoms with van der Waals surface area (Å²) in [6.07, 6.45) is 5.75. The van der Waals surface area contributed by atoms with E-state index < -0.39 is 0 Å². The summed E-state index contributed by atoms with van der Waals surface area (Å²) in [4.78, 5) is 19.0. The zero-order valence-electron chi connectivity index (χ0n) is 18.2. The van der Waals surface area contributed by atoms with Crippen molar-refractivity contribution in [3.05, 3.63) is 83.7 Å². The smallest absolute Gasteiger partial charge is 0.246 e. The van der Waals surface area contributed by atoms with Crippen LogP contribution in [0.4, 0.5) is 5.69 Å². The van der Waals surface area contributed by atoms with E-state index in [9.17, 15) is 4.79 Å². The molecule has 4 rings (SSSR count). The summed E-state index contributed by atoms with van der Waals surface area (Å²) in [6, 6.07) is 18.3. The van der Waals surface area contributed by atoms with Gasteiger partial charge in [-0.3, -0.25) is 14.5 Å². The predicted octanol–water partition coefficient (Wildman–Crippen LogP) is 3.19. The van der Waals surface area contributed by atoms with E-state index in [1.165, 1.54) is 11.1 Å². The summed E-state index contributed by atoms with van der Waals surface area (Å²) in [6.45, 7) is 2.27. The number of para-hydroxylation sites is 1. The monoisotopic (exact) mass is 544 g/mol. The minimum absolute atomic E-state index is 0. The Labute approximate surface area is 205 Å². The first-order chi connectivity index (χ1) is 15.2. The highest BCUT2D eigenvalue weighted by Gasteiger charge is 2.22. The average Bonchev–Trinajstić information content (AvgIpc) is 3.32. The van der Waals surface area contributed by atoms with Gasteiger partial charge in [0.25, 0.3) is 0 Å². The Morgan fingerprint density at radius 1 is 1.06 bits per heavy atom. The second kappa shape index (κ2) is 11.7. The molecule has 1 amide bonds. The minimum Gasteiger partial charge on any atom is -0.352 e. The van der Waals surface area contributed by atoms with E-state index >= 15 is 0 Å². The van der Waals surface area contributed by atoms with Gasteiger partial charge in [0.1, 0.15) is 0 Å². The van der Waals surface area contributed by atoms with Crippen molar-refractivity contribution in [3.8, 4) is 0 Å². The largest absolute Gasteiger partial charge is 0.352 e. The molecule has 0 radical (unpaired) electrons. The number of carbonyl (C=O) groups is 1. The second-order valence-corrected chi connectivity index (χ2v) is 7.53. The molecule has 2 heterocycles. The molecule has 2 N–H and O–H groups in total. The molecule has 0 unspecified atom stereocenters. The van der Waals surface area contributed by atoms with E-state index in [0.29, 0.717) is 19.0 Å². The highest BCUT2D eigenvalue weighted by molar-refractivity contribution is 14.0. The lowest BCUT2D eigenvalue weighted by molar-refractivity contribution is -0.117. The number of hydrogen-bond acceptors (Lipinski definition) is 3. The van der Waals surface area contributed by atoms with E-state index in [2.05, 4.69) is 38.9 Å². The number of halogens is 1. The number of carbonyl (C=O) groups excluding carboxylic acids is 1. The first-order valence-corrected chi connectivity index (χ1v) is 10.6. The van der Waals surface area contributed by atoms with Gasteiger partial charge in [-0.1, -0.05) is 42.5 Å². The maximum absolute atomic E-state index is 12.9. The Morgan fingerprint density at radius 2 is 1.84 bits per heavy atom. The van der Waals surface area contributed by atoms with Gasteiger partial charge in [0, 0.05) is 38.2 Å². The first-order valence-electron chi connectivity index (χ1n) is 10.6. The lowest BCUT2D eigenvalue weighted by Gasteiger charge is -2.29. The van der Waals surface area contributed by atoms with Gasteiger partial charge in [-0.2, -0.15) is 5.10 Å². The van der Waals surface area contributed by atoms with Gasteiger partial charge >= 0.3 is 0 Å². The zero-order valence-corrected chi connectivity index (χ0v) is 20.5. The number of rotatable bonds is 6. The van der Waals surface area contributed by atoms with Crippen LogP contribution >= 0.6 is 24.0 Å². The molecule has 7 nitrogen and oxygen atoms in total. The summed E-state index contributed by atoms with van der Waals surface area (Å²) in [5, 5.41) is 10.8. The van der Waals surface area contributed by atoms with Gasteiger partial charge in [0.05, 0.1) is 13.1 Å². The van der Waals surface area contributed by atoms with Crippen molar-refractivity contribution in [1.29, 1.82) is 0 Å². The fourth-order valence-corrected chi connectivity index (χ4v) is 3.90. The number of hydrogen-bond donors (Lipinski definition) is 2. The van der Waals surface area contributed by atoms with Crippen molar-refractivity contribution < 1.29 is 4.79 Å². The molecular weight excluding hydrogens is 515 g/mol. The van der Waals surface area contributed by atoms with Crippen molar-refractivity contribution in [1.82, 2.24) is 20.4 Å². The van der Waals surface area contributed by atoms with Crippen molar-refractivity contribution in [2.75, 3.05) is 25.0 Å². The summed E-state index contributed by atoms with van der Waals surface area (Å²) in [5.41, 5.74) is 4.61. The standard InChI is InChI=1S/C24H28N6O.HI/c1-25-24(26-16-20-9-2-3-10-21(20)18-29-14-7-13-28-29)27-17-23(31)30-15-6-11-19-8-4-5-12-22(19)30;/h2-5,7-10,12-14H,6,11,15-18H2,1H3,(H2,25,26,27);1H. The molecule has 1 aliphatic heterocycles. The summed E-state index contributed by atoms with van der Waals surface area (Å²) in [5.74, 6) is 0.654. The van der Waals surface area contributed by atoms with E-state index in [-0.39, 0.29) is 36.4 Å². The normalized spacial score (nSPS) is 13.2. The lowest BCUT2D eigenvalue weighted by Crippen LogP contribution is -2.46. The molecule has 0 saturated carbocycles. The first kappa shape index (κ1) is 23.8. The number of guanidine groups is 1. The van der Waals surface area contributed by atoms with Crippen LogP contribution in [0.3, 0.4) is 0 Å². The molecule has 0 bridgehead atoms. The molecular formula is C24H29IN6O. The minimum atomic E-state index is 0. The summed E-state index contributed by atoms with van der Waals surface area (Å²) >= 11 is 0. The fourth-order valence-electron chi connectivity index (χ4n) is 3.90. The van der Waals surface area contributed by atoms with E-state index in [1.54, 1.807) is 13.2 Å². The fraction of sp³-hybridized carbons (Fsp3) is 0.292. The van der Waals surface area contributed by atoms with Crippen LogP contribution in [0.15, 0.2) is 72.0 Å². The Balaban J connectivity index is 0.00000289. The molecule has 1 aromatic heterocycles. The summed E-state index contributed by atoms with van der Waals surface area (Å²) < 4.78 is 1.90. The van der Waals surface area contributed by atoms with Gasteiger partial charge in [0.2, 0.25) is 5.91 Å². The third-order valence-electron chi connectivity index (χ3n) is 5.50. The van der Waals surface area contributed by atoms with E-state index in [1.807, 2.05) is 52.2 Å². The molecule has 2 aromatic carbocycles. The van der Waals surface area contributed by atoms with Crippen LogP contribution in [0.5, 0.6) is 0 Å². The van der Waals surface area contributed by atoms with E-state index in [4.69, 9.17) is 0 Å².